The van der Waals surface area contributed by atoms with Crippen molar-refractivity contribution >= 4 is 5.78 Å². The van der Waals surface area contributed by atoms with Crippen LogP contribution in [-0.2, 0) is 17.6 Å². The van der Waals surface area contributed by atoms with E-state index in [1.54, 1.807) is 6.33 Å². The van der Waals surface area contributed by atoms with Gasteiger partial charge in [0.05, 0.1) is 22.9 Å². The Morgan fingerprint density at radius 1 is 1.17 bits per heavy atom. The molecule has 36 heavy (non-hydrogen) atoms. The molecular weight excluding hydrogens is 450 g/mol. The Morgan fingerprint density at radius 3 is 2.67 bits per heavy atom. The van der Waals surface area contributed by atoms with Crippen LogP contribution >= 0.6 is 0 Å². The van der Waals surface area contributed by atoms with Crippen LogP contribution in [0.5, 0.6) is 0 Å². The fourth-order valence-corrected chi connectivity index (χ4v) is 5.34. The Balaban J connectivity index is 1.58. The maximum atomic E-state index is 14.1. The zero-order valence-electron chi connectivity index (χ0n) is 21.1. The van der Waals surface area contributed by atoms with E-state index in [0.717, 1.165) is 53.6 Å². The van der Waals surface area contributed by atoms with E-state index in [4.69, 9.17) is 4.74 Å². The van der Waals surface area contributed by atoms with E-state index in [9.17, 15) is 10.1 Å². The van der Waals surface area contributed by atoms with Gasteiger partial charge in [-0.25, -0.2) is 4.52 Å². The third kappa shape index (κ3) is 4.45. The normalized spacial score (nSPS) is 17.2. The van der Waals surface area contributed by atoms with Gasteiger partial charge in [-0.1, -0.05) is 55.8 Å². The first-order chi connectivity index (χ1) is 17.4. The molecule has 0 saturated carbocycles. The summed E-state index contributed by atoms with van der Waals surface area (Å²) in [5.74, 6) is 0.610. The number of nitrogens with zero attached hydrogens (tertiary/aromatic N) is 5. The Hall–Kier alpha value is -3.76. The fraction of sp³-hybridized carbons (Fsp3) is 0.379. The van der Waals surface area contributed by atoms with Gasteiger partial charge in [-0.2, -0.15) is 15.3 Å². The molecule has 1 saturated heterocycles. The van der Waals surface area contributed by atoms with Gasteiger partial charge in [-0.3, -0.25) is 9.36 Å². The quantitative estimate of drug-likeness (QED) is 0.382. The molecule has 0 bridgehead atoms. The predicted octanol–water partition coefficient (Wildman–Crippen LogP) is 5.10. The summed E-state index contributed by atoms with van der Waals surface area (Å²) in [4.78, 5) is 18.6. The second kappa shape index (κ2) is 9.71. The summed E-state index contributed by atoms with van der Waals surface area (Å²) >= 11 is 0. The Morgan fingerprint density at radius 2 is 1.94 bits per heavy atom. The Labute approximate surface area is 211 Å². The van der Waals surface area contributed by atoms with Crippen molar-refractivity contribution in [1.82, 2.24) is 19.2 Å². The molecule has 7 nitrogen and oxygen atoms in total. The van der Waals surface area contributed by atoms with Gasteiger partial charge in [-0.05, 0) is 55.9 Å². The van der Waals surface area contributed by atoms with Crippen molar-refractivity contribution in [3.63, 3.8) is 0 Å². The number of aryl methyl sites for hydroxylation is 1. The van der Waals surface area contributed by atoms with Crippen molar-refractivity contribution in [1.29, 1.82) is 5.26 Å². The monoisotopic (exact) mass is 481 g/mol. The molecule has 0 radical (unpaired) electrons. The number of rotatable bonds is 6. The number of ether oxygens (including phenoxy) is 1. The number of hydrogen-bond donors (Lipinski definition) is 0. The van der Waals surface area contributed by atoms with Crippen molar-refractivity contribution in [3.8, 4) is 17.2 Å². The number of benzene rings is 2. The van der Waals surface area contributed by atoms with Crippen LogP contribution in [0.3, 0.4) is 0 Å². The first kappa shape index (κ1) is 24.0. The van der Waals surface area contributed by atoms with Crippen molar-refractivity contribution < 1.29 is 4.74 Å². The number of nitriles is 1. The molecule has 3 heterocycles. The maximum Gasteiger partial charge on any atom is 0.259 e. The van der Waals surface area contributed by atoms with Crippen LogP contribution < -0.4 is 5.56 Å². The summed E-state index contributed by atoms with van der Waals surface area (Å²) in [6.07, 6.45) is 5.22. The lowest BCUT2D eigenvalue weighted by molar-refractivity contribution is -0.0691. The van der Waals surface area contributed by atoms with Crippen LogP contribution in [0.15, 0.2) is 59.7 Å². The molecule has 2 aromatic heterocycles. The summed E-state index contributed by atoms with van der Waals surface area (Å²) in [6.45, 7) is 6.87. The molecule has 184 valence electrons. The van der Waals surface area contributed by atoms with Crippen LogP contribution in [0.4, 0.5) is 0 Å². The molecule has 0 N–H and O–H groups in total. The fourth-order valence-electron chi connectivity index (χ4n) is 5.34. The zero-order chi connectivity index (χ0) is 25.3. The first-order valence-electron chi connectivity index (χ1n) is 12.6. The molecule has 0 amide bonds. The molecule has 0 aliphatic carbocycles. The van der Waals surface area contributed by atoms with E-state index in [1.807, 2.05) is 57.6 Å². The highest BCUT2D eigenvalue weighted by atomic mass is 16.5. The van der Waals surface area contributed by atoms with Gasteiger partial charge < -0.3 is 4.74 Å². The molecule has 1 atom stereocenters. The minimum Gasteiger partial charge on any atom is -0.375 e. The van der Waals surface area contributed by atoms with Crippen LogP contribution in [0.25, 0.3) is 16.9 Å². The third-order valence-corrected chi connectivity index (χ3v) is 7.04. The lowest BCUT2D eigenvalue weighted by Crippen LogP contribution is -2.40. The standard InChI is InChI=1S/C29H31N5O2/c1-4-7-26-25(16-20-10-12-21(13-11-20)24-9-6-5-8-22(24)18-30)27(35)33(28-31-19-32-34(26)28)23-14-15-36-29(2,3)17-23/h5-6,8-13,19,23H,4,7,14-17H2,1-3H3. The second-order valence-electron chi connectivity index (χ2n) is 10.1. The predicted molar refractivity (Wildman–Crippen MR) is 139 cm³/mol. The molecule has 0 spiro atoms. The van der Waals surface area contributed by atoms with E-state index >= 15 is 0 Å². The Bertz CT molecular complexity index is 1490. The van der Waals surface area contributed by atoms with E-state index < -0.39 is 0 Å². The third-order valence-electron chi connectivity index (χ3n) is 7.04. The van der Waals surface area contributed by atoms with Crippen LogP contribution in [0.1, 0.15) is 68.5 Å². The minimum atomic E-state index is -0.294. The number of aromatic nitrogens is 4. The summed E-state index contributed by atoms with van der Waals surface area (Å²) in [6, 6.07) is 18.0. The highest BCUT2D eigenvalue weighted by molar-refractivity contribution is 5.70. The smallest absolute Gasteiger partial charge is 0.259 e. The second-order valence-corrected chi connectivity index (χ2v) is 10.1. The molecule has 1 aliphatic rings. The van der Waals surface area contributed by atoms with Gasteiger partial charge in [0.25, 0.3) is 5.56 Å². The van der Waals surface area contributed by atoms with E-state index in [0.29, 0.717) is 24.4 Å². The molecule has 4 aromatic rings. The molecule has 1 aliphatic heterocycles. The van der Waals surface area contributed by atoms with Gasteiger partial charge >= 0.3 is 0 Å². The molecule has 2 aromatic carbocycles. The van der Waals surface area contributed by atoms with Crippen LogP contribution in [0, 0.1) is 11.3 Å². The van der Waals surface area contributed by atoms with Crippen molar-refractivity contribution in [2.24, 2.45) is 0 Å². The van der Waals surface area contributed by atoms with Gasteiger partial charge in [-0.15, -0.1) is 0 Å². The molecule has 7 heteroatoms. The van der Waals surface area contributed by atoms with Crippen molar-refractivity contribution in [2.75, 3.05) is 6.61 Å². The lowest BCUT2D eigenvalue weighted by atomic mass is 9.93. The van der Waals surface area contributed by atoms with Gasteiger partial charge in [0, 0.05) is 24.6 Å². The summed E-state index contributed by atoms with van der Waals surface area (Å²) in [7, 11) is 0. The van der Waals surface area contributed by atoms with Crippen molar-refractivity contribution in [3.05, 3.63) is 87.6 Å². The summed E-state index contributed by atoms with van der Waals surface area (Å²) in [5, 5.41) is 14.0. The van der Waals surface area contributed by atoms with Gasteiger partial charge in [0.2, 0.25) is 5.78 Å². The van der Waals surface area contributed by atoms with E-state index in [-0.39, 0.29) is 17.2 Å². The zero-order valence-corrected chi connectivity index (χ0v) is 21.1. The largest absolute Gasteiger partial charge is 0.375 e. The van der Waals surface area contributed by atoms with Crippen molar-refractivity contribution in [2.45, 2.75) is 64.5 Å². The lowest BCUT2D eigenvalue weighted by Gasteiger charge is -2.36. The topological polar surface area (TPSA) is 85.2 Å². The van der Waals surface area contributed by atoms with Gasteiger partial charge in [0.1, 0.15) is 6.33 Å². The first-order valence-corrected chi connectivity index (χ1v) is 12.6. The Kier molecular flexibility index (Phi) is 6.46. The average molecular weight is 482 g/mol. The highest BCUT2D eigenvalue weighted by Crippen LogP contribution is 2.32. The molecule has 1 fully saturated rings. The SMILES string of the molecule is CCCc1c(Cc2ccc(-c3ccccc3C#N)cc2)c(=O)n(C2CCOC(C)(C)C2)c2ncnn12. The van der Waals surface area contributed by atoms with Gasteiger partial charge in [0.15, 0.2) is 0 Å². The van der Waals surface area contributed by atoms with E-state index in [1.165, 1.54) is 0 Å². The van der Waals surface area contributed by atoms with Crippen LogP contribution in [-0.4, -0.2) is 31.4 Å². The molecular formula is C29H31N5O2. The maximum absolute atomic E-state index is 14.1. The number of hydrogen-bond acceptors (Lipinski definition) is 5. The average Bonchev–Trinajstić information content (AvgIpc) is 3.35. The highest BCUT2D eigenvalue weighted by Gasteiger charge is 2.33. The summed E-state index contributed by atoms with van der Waals surface area (Å²) < 4.78 is 9.64. The minimum absolute atomic E-state index is 0.00670. The van der Waals surface area contributed by atoms with E-state index in [2.05, 4.69) is 36.9 Å². The molecule has 1 unspecified atom stereocenters. The van der Waals surface area contributed by atoms with Crippen LogP contribution in [0.2, 0.25) is 0 Å². The summed E-state index contributed by atoms with van der Waals surface area (Å²) in [5.41, 5.74) is 5.00. The molecule has 5 rings (SSSR count). The number of fused-ring (bicyclic) bond motifs is 1.